The first-order chi connectivity index (χ1) is 8.83. The highest BCUT2D eigenvalue weighted by Crippen LogP contribution is 2.34. The summed E-state index contributed by atoms with van der Waals surface area (Å²) >= 11 is 0. The average Bonchev–Trinajstić information content (AvgIpc) is 2.73. The summed E-state index contributed by atoms with van der Waals surface area (Å²) in [5.74, 6) is -1.21. The first-order valence-corrected chi connectivity index (χ1v) is 6.22. The maximum Gasteiger partial charge on any atom is 0.335 e. The van der Waals surface area contributed by atoms with E-state index in [-0.39, 0.29) is 11.5 Å². The summed E-state index contributed by atoms with van der Waals surface area (Å²) in [7, 11) is 0. The van der Waals surface area contributed by atoms with E-state index < -0.39 is 11.4 Å². The van der Waals surface area contributed by atoms with Gasteiger partial charge in [-0.3, -0.25) is 4.79 Å². The van der Waals surface area contributed by atoms with Crippen molar-refractivity contribution < 1.29 is 14.7 Å². The van der Waals surface area contributed by atoms with Gasteiger partial charge in [-0.05, 0) is 44.0 Å². The van der Waals surface area contributed by atoms with Crippen LogP contribution in [0.15, 0.2) is 18.2 Å². The molecule has 1 aliphatic heterocycles. The van der Waals surface area contributed by atoms with Gasteiger partial charge in [0.15, 0.2) is 0 Å². The van der Waals surface area contributed by atoms with Crippen molar-refractivity contribution >= 4 is 17.6 Å². The van der Waals surface area contributed by atoms with Crippen LogP contribution in [0.3, 0.4) is 0 Å². The van der Waals surface area contributed by atoms with Crippen LogP contribution in [0.4, 0.5) is 5.69 Å². The SMILES string of the molecule is Cc1cc(C(=O)O)ccc1N1CCC(C)(C(N)=O)C1. The Morgan fingerprint density at radius 2 is 2.11 bits per heavy atom. The summed E-state index contributed by atoms with van der Waals surface area (Å²) in [4.78, 5) is 24.4. The van der Waals surface area contributed by atoms with E-state index in [0.29, 0.717) is 6.54 Å². The predicted molar refractivity (Wildman–Crippen MR) is 72.3 cm³/mol. The molecule has 1 fully saturated rings. The Morgan fingerprint density at radius 3 is 2.58 bits per heavy atom. The zero-order chi connectivity index (χ0) is 14.2. The molecule has 1 atom stereocenters. The molecule has 1 aromatic carbocycles. The maximum atomic E-state index is 11.4. The van der Waals surface area contributed by atoms with Crippen molar-refractivity contribution in [2.45, 2.75) is 20.3 Å². The number of aromatic carboxylic acids is 1. The Bertz CT molecular complexity index is 541. The molecule has 1 aromatic rings. The fourth-order valence-corrected chi connectivity index (χ4v) is 2.51. The van der Waals surface area contributed by atoms with E-state index in [0.717, 1.165) is 24.2 Å². The van der Waals surface area contributed by atoms with Crippen LogP contribution in [0.2, 0.25) is 0 Å². The Hall–Kier alpha value is -2.04. The summed E-state index contributed by atoms with van der Waals surface area (Å²) in [5.41, 5.74) is 7.07. The second-order valence-electron chi connectivity index (χ2n) is 5.40. The average molecular weight is 262 g/mol. The van der Waals surface area contributed by atoms with E-state index in [1.807, 2.05) is 13.8 Å². The molecule has 5 heteroatoms. The van der Waals surface area contributed by atoms with Gasteiger partial charge in [0.05, 0.1) is 11.0 Å². The van der Waals surface area contributed by atoms with Crippen LogP contribution in [0.25, 0.3) is 0 Å². The van der Waals surface area contributed by atoms with Crippen LogP contribution in [-0.2, 0) is 4.79 Å². The smallest absolute Gasteiger partial charge is 0.335 e. The number of nitrogens with two attached hydrogens (primary N) is 1. The number of hydrogen-bond donors (Lipinski definition) is 2. The van der Waals surface area contributed by atoms with E-state index in [2.05, 4.69) is 4.90 Å². The van der Waals surface area contributed by atoms with Crippen molar-refractivity contribution in [1.82, 2.24) is 0 Å². The van der Waals surface area contributed by atoms with Crippen molar-refractivity contribution in [1.29, 1.82) is 0 Å². The molecule has 1 saturated heterocycles. The minimum atomic E-state index is -0.932. The molecule has 102 valence electrons. The predicted octanol–water partition coefficient (Wildman–Crippen LogP) is 1.39. The summed E-state index contributed by atoms with van der Waals surface area (Å²) in [6, 6.07) is 5.04. The molecule has 1 unspecified atom stereocenters. The summed E-state index contributed by atoms with van der Waals surface area (Å²) < 4.78 is 0. The lowest BCUT2D eigenvalue weighted by Crippen LogP contribution is -2.37. The van der Waals surface area contributed by atoms with Gasteiger partial charge in [-0.1, -0.05) is 0 Å². The molecule has 1 amide bonds. The Labute approximate surface area is 112 Å². The second kappa shape index (κ2) is 4.57. The van der Waals surface area contributed by atoms with Gasteiger partial charge in [-0.15, -0.1) is 0 Å². The molecule has 0 radical (unpaired) electrons. The molecule has 19 heavy (non-hydrogen) atoms. The van der Waals surface area contributed by atoms with Gasteiger partial charge in [0.25, 0.3) is 0 Å². The van der Waals surface area contributed by atoms with Crippen LogP contribution < -0.4 is 10.6 Å². The molecule has 5 nitrogen and oxygen atoms in total. The minimum absolute atomic E-state index is 0.276. The standard InChI is InChI=1S/C14H18N2O3/c1-9-7-10(12(17)18)3-4-11(9)16-6-5-14(2,8-16)13(15)19/h3-4,7H,5-6,8H2,1-2H3,(H2,15,19)(H,17,18). The zero-order valence-electron chi connectivity index (χ0n) is 11.1. The topological polar surface area (TPSA) is 83.6 Å². The second-order valence-corrected chi connectivity index (χ2v) is 5.40. The number of carboxylic acids is 1. The van der Waals surface area contributed by atoms with E-state index in [1.165, 1.54) is 0 Å². The van der Waals surface area contributed by atoms with Gasteiger partial charge in [0, 0.05) is 18.8 Å². The van der Waals surface area contributed by atoms with E-state index in [9.17, 15) is 9.59 Å². The number of hydrogen-bond acceptors (Lipinski definition) is 3. The molecule has 0 aromatic heterocycles. The van der Waals surface area contributed by atoms with Crippen LogP contribution >= 0.6 is 0 Å². The van der Waals surface area contributed by atoms with Crippen molar-refractivity contribution in [3.63, 3.8) is 0 Å². The number of amides is 1. The van der Waals surface area contributed by atoms with Gasteiger partial charge in [-0.2, -0.15) is 0 Å². The highest BCUT2D eigenvalue weighted by atomic mass is 16.4. The monoisotopic (exact) mass is 262 g/mol. The van der Waals surface area contributed by atoms with Gasteiger partial charge >= 0.3 is 5.97 Å². The van der Waals surface area contributed by atoms with Gasteiger partial charge in [0.2, 0.25) is 5.91 Å². The molecular weight excluding hydrogens is 244 g/mol. The summed E-state index contributed by atoms with van der Waals surface area (Å²) in [6.07, 6.45) is 0.725. The fourth-order valence-electron chi connectivity index (χ4n) is 2.51. The number of primary amides is 1. The molecule has 0 spiro atoms. The van der Waals surface area contributed by atoms with Crippen molar-refractivity contribution in [2.75, 3.05) is 18.0 Å². The van der Waals surface area contributed by atoms with Gasteiger partial charge in [-0.25, -0.2) is 4.79 Å². The third kappa shape index (κ3) is 2.41. The minimum Gasteiger partial charge on any atom is -0.478 e. The molecule has 0 bridgehead atoms. The number of carbonyl (C=O) groups excluding carboxylic acids is 1. The highest BCUT2D eigenvalue weighted by molar-refractivity contribution is 5.88. The highest BCUT2D eigenvalue weighted by Gasteiger charge is 2.39. The number of carboxylic acid groups (broad SMARTS) is 1. The number of nitrogens with zero attached hydrogens (tertiary/aromatic N) is 1. The fraction of sp³-hybridized carbons (Fsp3) is 0.429. The number of benzene rings is 1. The maximum absolute atomic E-state index is 11.4. The lowest BCUT2D eigenvalue weighted by Gasteiger charge is -2.24. The van der Waals surface area contributed by atoms with Crippen molar-refractivity contribution in [3.8, 4) is 0 Å². The molecular formula is C14H18N2O3. The first kappa shape index (κ1) is 13.4. The van der Waals surface area contributed by atoms with Crippen LogP contribution in [0.1, 0.15) is 29.3 Å². The molecule has 0 saturated carbocycles. The summed E-state index contributed by atoms with van der Waals surface area (Å²) in [5, 5.41) is 8.95. The van der Waals surface area contributed by atoms with Crippen LogP contribution in [0, 0.1) is 12.3 Å². The van der Waals surface area contributed by atoms with E-state index in [1.54, 1.807) is 18.2 Å². The lowest BCUT2D eigenvalue weighted by atomic mass is 9.89. The van der Waals surface area contributed by atoms with E-state index >= 15 is 0 Å². The summed E-state index contributed by atoms with van der Waals surface area (Å²) in [6.45, 7) is 5.08. The molecule has 1 aliphatic rings. The Balaban J connectivity index is 2.25. The van der Waals surface area contributed by atoms with Crippen LogP contribution in [0.5, 0.6) is 0 Å². The van der Waals surface area contributed by atoms with Gasteiger partial charge in [0.1, 0.15) is 0 Å². The van der Waals surface area contributed by atoms with Crippen molar-refractivity contribution in [2.24, 2.45) is 11.1 Å². The number of anilines is 1. The van der Waals surface area contributed by atoms with Crippen LogP contribution in [-0.4, -0.2) is 30.1 Å². The Kier molecular flexibility index (Phi) is 3.22. The lowest BCUT2D eigenvalue weighted by molar-refractivity contribution is -0.125. The first-order valence-electron chi connectivity index (χ1n) is 6.22. The molecule has 2 rings (SSSR count). The molecule has 3 N–H and O–H groups in total. The third-order valence-electron chi connectivity index (χ3n) is 3.85. The number of rotatable bonds is 3. The van der Waals surface area contributed by atoms with Gasteiger partial charge < -0.3 is 15.7 Å². The zero-order valence-corrected chi connectivity index (χ0v) is 11.1. The molecule has 0 aliphatic carbocycles. The third-order valence-corrected chi connectivity index (χ3v) is 3.85. The molecule has 1 heterocycles. The van der Waals surface area contributed by atoms with Crippen molar-refractivity contribution in [3.05, 3.63) is 29.3 Å². The van der Waals surface area contributed by atoms with E-state index in [4.69, 9.17) is 10.8 Å². The number of carbonyl (C=O) groups is 2. The normalized spacial score (nSPS) is 22.5. The Morgan fingerprint density at radius 1 is 1.42 bits per heavy atom. The quantitative estimate of drug-likeness (QED) is 0.862. The number of aryl methyl sites for hydroxylation is 1. The largest absolute Gasteiger partial charge is 0.478 e.